The van der Waals surface area contributed by atoms with Crippen molar-refractivity contribution in [2.45, 2.75) is 38.9 Å². The molecule has 4 heteroatoms. The average Bonchev–Trinajstić information content (AvgIpc) is 2.00. The second-order valence-corrected chi connectivity index (χ2v) is 5.30. The second kappa shape index (κ2) is 5.63. The highest BCUT2D eigenvalue weighted by Crippen LogP contribution is 2.13. The SMILES string of the molecule is CC(C)(C)OCC(CN1CCC1)OI. The second-order valence-electron chi connectivity index (χ2n) is 4.79. The zero-order valence-corrected chi connectivity index (χ0v) is 11.4. The van der Waals surface area contributed by atoms with Crippen LogP contribution in [0.15, 0.2) is 0 Å². The van der Waals surface area contributed by atoms with E-state index < -0.39 is 0 Å². The van der Waals surface area contributed by atoms with Crippen LogP contribution in [0.25, 0.3) is 0 Å². The summed E-state index contributed by atoms with van der Waals surface area (Å²) in [7, 11) is 0. The largest absolute Gasteiger partial charge is 0.373 e. The van der Waals surface area contributed by atoms with Crippen molar-refractivity contribution in [3.63, 3.8) is 0 Å². The summed E-state index contributed by atoms with van der Waals surface area (Å²) in [4.78, 5) is 2.40. The number of halogens is 1. The van der Waals surface area contributed by atoms with Gasteiger partial charge >= 0.3 is 0 Å². The molecule has 1 atom stereocenters. The topological polar surface area (TPSA) is 21.7 Å². The van der Waals surface area contributed by atoms with Crippen LogP contribution in [0, 0.1) is 0 Å². The molecule has 1 saturated heterocycles. The summed E-state index contributed by atoms with van der Waals surface area (Å²) in [5.74, 6) is 0. The van der Waals surface area contributed by atoms with E-state index in [0.717, 1.165) is 6.54 Å². The van der Waals surface area contributed by atoms with Crippen molar-refractivity contribution >= 4 is 23.0 Å². The highest BCUT2D eigenvalue weighted by atomic mass is 127. The zero-order chi connectivity index (χ0) is 10.6. The highest BCUT2D eigenvalue weighted by Gasteiger charge is 2.21. The fourth-order valence-electron chi connectivity index (χ4n) is 1.30. The smallest absolute Gasteiger partial charge is 0.110 e. The number of hydrogen-bond acceptors (Lipinski definition) is 3. The monoisotopic (exact) mass is 313 g/mol. The Balaban J connectivity index is 2.17. The van der Waals surface area contributed by atoms with E-state index >= 15 is 0 Å². The van der Waals surface area contributed by atoms with Crippen LogP contribution in [-0.4, -0.2) is 42.8 Å². The maximum Gasteiger partial charge on any atom is 0.110 e. The number of rotatable bonds is 5. The maximum atomic E-state index is 5.70. The van der Waals surface area contributed by atoms with E-state index in [1.807, 2.05) is 23.0 Å². The van der Waals surface area contributed by atoms with Gasteiger partial charge in [0.15, 0.2) is 0 Å². The first-order valence-corrected chi connectivity index (χ1v) is 6.03. The molecule has 1 rings (SSSR count). The molecule has 3 nitrogen and oxygen atoms in total. The molecule has 1 aliphatic heterocycles. The fraction of sp³-hybridized carbons (Fsp3) is 1.00. The average molecular weight is 313 g/mol. The van der Waals surface area contributed by atoms with Crippen LogP contribution in [0.2, 0.25) is 0 Å². The van der Waals surface area contributed by atoms with Crippen molar-refractivity contribution < 1.29 is 7.80 Å². The van der Waals surface area contributed by atoms with Gasteiger partial charge in [-0.1, -0.05) is 0 Å². The van der Waals surface area contributed by atoms with Gasteiger partial charge in [0.25, 0.3) is 0 Å². The minimum Gasteiger partial charge on any atom is -0.373 e. The number of nitrogens with zero attached hydrogens (tertiary/aromatic N) is 1. The summed E-state index contributed by atoms with van der Waals surface area (Å²) in [5, 5.41) is 0. The van der Waals surface area contributed by atoms with Crippen LogP contribution in [0.1, 0.15) is 27.2 Å². The van der Waals surface area contributed by atoms with Crippen LogP contribution in [0.3, 0.4) is 0 Å². The minimum absolute atomic E-state index is 0.0671. The van der Waals surface area contributed by atoms with E-state index in [2.05, 4.69) is 25.7 Å². The molecule has 14 heavy (non-hydrogen) atoms. The molecular formula is C10H20INO2. The van der Waals surface area contributed by atoms with E-state index in [1.54, 1.807) is 0 Å². The molecule has 0 bridgehead atoms. The van der Waals surface area contributed by atoms with Crippen LogP contribution in [0.4, 0.5) is 0 Å². The highest BCUT2D eigenvalue weighted by molar-refractivity contribution is 14.1. The number of hydrogen-bond donors (Lipinski definition) is 0. The third-order valence-corrected chi connectivity index (χ3v) is 2.96. The molecule has 0 N–H and O–H groups in total. The Bertz CT molecular complexity index is 166. The van der Waals surface area contributed by atoms with Gasteiger partial charge in [-0.2, -0.15) is 0 Å². The Hall–Kier alpha value is 0.610. The van der Waals surface area contributed by atoms with E-state index in [1.165, 1.54) is 19.5 Å². The number of ether oxygens (including phenoxy) is 1. The van der Waals surface area contributed by atoms with Gasteiger partial charge in [-0.3, -0.25) is 0 Å². The van der Waals surface area contributed by atoms with Gasteiger partial charge in [0.05, 0.1) is 12.2 Å². The molecular weight excluding hydrogens is 293 g/mol. The van der Waals surface area contributed by atoms with Crippen LogP contribution >= 0.6 is 23.0 Å². The third-order valence-electron chi connectivity index (χ3n) is 2.24. The molecule has 1 fully saturated rings. The minimum atomic E-state index is -0.0671. The Morgan fingerprint density at radius 2 is 2.00 bits per heavy atom. The lowest BCUT2D eigenvalue weighted by atomic mass is 10.2. The first kappa shape index (κ1) is 12.7. The van der Waals surface area contributed by atoms with Crippen LogP contribution in [-0.2, 0) is 7.80 Å². The fourth-order valence-corrected chi connectivity index (χ4v) is 1.61. The molecule has 0 aromatic heterocycles. The predicted molar refractivity (Wildman–Crippen MR) is 65.7 cm³/mol. The van der Waals surface area contributed by atoms with Crippen LogP contribution < -0.4 is 0 Å². The Morgan fingerprint density at radius 1 is 1.36 bits per heavy atom. The van der Waals surface area contributed by atoms with Crippen molar-refractivity contribution in [1.29, 1.82) is 0 Å². The third kappa shape index (κ3) is 4.91. The Kier molecular flexibility index (Phi) is 5.10. The molecule has 84 valence electrons. The molecule has 1 unspecified atom stereocenters. The van der Waals surface area contributed by atoms with E-state index in [-0.39, 0.29) is 11.7 Å². The molecule has 0 amide bonds. The van der Waals surface area contributed by atoms with Crippen molar-refractivity contribution in [3.05, 3.63) is 0 Å². The van der Waals surface area contributed by atoms with E-state index in [4.69, 9.17) is 7.80 Å². The lowest BCUT2D eigenvalue weighted by molar-refractivity contribution is -0.0433. The summed E-state index contributed by atoms with van der Waals surface area (Å²) < 4.78 is 11.1. The standard InChI is InChI=1S/C10H20INO2/c1-10(2,3)13-8-9(14-11)7-12-5-4-6-12/h9H,4-8H2,1-3H3. The molecule has 0 radical (unpaired) electrons. The van der Waals surface area contributed by atoms with Crippen LogP contribution in [0.5, 0.6) is 0 Å². The van der Waals surface area contributed by atoms with Crippen molar-refractivity contribution in [1.82, 2.24) is 4.90 Å². The molecule has 0 aliphatic carbocycles. The van der Waals surface area contributed by atoms with E-state index in [0.29, 0.717) is 6.61 Å². The lowest BCUT2D eigenvalue weighted by Gasteiger charge is -2.33. The summed E-state index contributed by atoms with van der Waals surface area (Å²) in [6, 6.07) is 0. The normalized spacial score (nSPS) is 20.6. The lowest BCUT2D eigenvalue weighted by Crippen LogP contribution is -2.44. The quantitative estimate of drug-likeness (QED) is 0.727. The number of likely N-dealkylation sites (tertiary alicyclic amines) is 1. The summed E-state index contributed by atoms with van der Waals surface area (Å²) in [6.45, 7) is 10.3. The first-order chi connectivity index (χ1) is 6.51. The molecule has 0 saturated carbocycles. The summed E-state index contributed by atoms with van der Waals surface area (Å²) in [6.07, 6.45) is 1.53. The van der Waals surface area contributed by atoms with Gasteiger partial charge in [0.2, 0.25) is 0 Å². The molecule has 1 heterocycles. The van der Waals surface area contributed by atoms with Crippen molar-refractivity contribution in [3.8, 4) is 0 Å². The van der Waals surface area contributed by atoms with Gasteiger partial charge < -0.3 is 12.7 Å². The van der Waals surface area contributed by atoms with Gasteiger partial charge in [0.1, 0.15) is 29.1 Å². The first-order valence-electron chi connectivity index (χ1n) is 5.15. The van der Waals surface area contributed by atoms with Gasteiger partial charge in [-0.25, -0.2) is 0 Å². The van der Waals surface area contributed by atoms with Gasteiger partial charge in [0, 0.05) is 6.54 Å². The molecule has 0 spiro atoms. The predicted octanol–water partition coefficient (Wildman–Crippen LogP) is 2.24. The maximum absolute atomic E-state index is 5.70. The summed E-state index contributed by atoms with van der Waals surface area (Å²) >= 11 is 1.97. The van der Waals surface area contributed by atoms with Gasteiger partial charge in [-0.05, 0) is 40.3 Å². The molecule has 0 aromatic rings. The molecule has 0 aromatic carbocycles. The molecule has 1 aliphatic rings. The van der Waals surface area contributed by atoms with Gasteiger partial charge in [-0.15, -0.1) is 0 Å². The van der Waals surface area contributed by atoms with Crippen molar-refractivity contribution in [2.24, 2.45) is 0 Å². The van der Waals surface area contributed by atoms with E-state index in [9.17, 15) is 0 Å². The Labute approximate surface area is 101 Å². The van der Waals surface area contributed by atoms with Crippen molar-refractivity contribution in [2.75, 3.05) is 26.2 Å². The Morgan fingerprint density at radius 3 is 2.36 bits per heavy atom. The summed E-state index contributed by atoms with van der Waals surface area (Å²) in [5.41, 5.74) is -0.0671. The zero-order valence-electron chi connectivity index (χ0n) is 9.25.